The lowest BCUT2D eigenvalue weighted by Gasteiger charge is -2.15. The molecule has 1 unspecified atom stereocenters. The number of halogens is 2. The molecule has 100 valence electrons. The van der Waals surface area contributed by atoms with Gasteiger partial charge in [-0.15, -0.1) is 11.6 Å². The van der Waals surface area contributed by atoms with Gasteiger partial charge < -0.3 is 9.47 Å². The Bertz CT molecular complexity index is 655. The normalized spacial score (nSPS) is 19.6. The summed E-state index contributed by atoms with van der Waals surface area (Å²) in [5.74, 6) is 0.327. The van der Waals surface area contributed by atoms with Gasteiger partial charge in [0.25, 0.3) is 0 Å². The monoisotopic (exact) mass is 281 g/mol. The number of aromatic nitrogens is 2. The zero-order valence-electron chi connectivity index (χ0n) is 10.4. The van der Waals surface area contributed by atoms with Gasteiger partial charge in [0, 0.05) is 13.6 Å². The molecule has 1 fully saturated rings. The van der Waals surface area contributed by atoms with Crippen LogP contribution in [0.5, 0.6) is 0 Å². The minimum atomic E-state index is -0.388. The molecule has 0 aliphatic carbocycles. The lowest BCUT2D eigenvalue weighted by atomic mass is 10.2. The van der Waals surface area contributed by atoms with Crippen LogP contribution in [-0.4, -0.2) is 34.0 Å². The molecular weight excluding hydrogens is 269 g/mol. The van der Waals surface area contributed by atoms with E-state index in [1.807, 2.05) is 0 Å². The van der Waals surface area contributed by atoms with Gasteiger partial charge in [0.2, 0.25) is 5.91 Å². The third-order valence-electron chi connectivity index (χ3n) is 3.57. The first-order valence-electron chi connectivity index (χ1n) is 6.09. The number of likely N-dealkylation sites (tertiary alicyclic amines) is 1. The summed E-state index contributed by atoms with van der Waals surface area (Å²) in [5, 5.41) is 0. The second-order valence-corrected chi connectivity index (χ2v) is 4.97. The molecule has 0 N–H and O–H groups in total. The summed E-state index contributed by atoms with van der Waals surface area (Å²) in [4.78, 5) is 18.0. The first-order valence-corrected chi connectivity index (χ1v) is 6.63. The highest BCUT2D eigenvalue weighted by molar-refractivity contribution is 6.17. The number of nitrogens with zero attached hydrogens (tertiary/aromatic N) is 3. The number of alkyl halides is 1. The smallest absolute Gasteiger partial charge is 0.245 e. The number of carbonyl (C=O) groups excluding carboxylic acids is 1. The molecule has 2 aromatic rings. The number of fused-ring (bicyclic) bond motifs is 1. The van der Waals surface area contributed by atoms with E-state index in [0.29, 0.717) is 24.3 Å². The van der Waals surface area contributed by atoms with Crippen molar-refractivity contribution >= 4 is 28.5 Å². The first kappa shape index (κ1) is 12.4. The number of carbonyl (C=O) groups is 1. The zero-order valence-corrected chi connectivity index (χ0v) is 11.2. The number of para-hydroxylation sites is 1. The minimum Gasteiger partial charge on any atom is -0.344 e. The molecule has 0 spiro atoms. The van der Waals surface area contributed by atoms with Crippen molar-refractivity contribution < 1.29 is 9.18 Å². The van der Waals surface area contributed by atoms with Crippen molar-refractivity contribution in [2.24, 2.45) is 0 Å². The van der Waals surface area contributed by atoms with E-state index >= 15 is 0 Å². The summed E-state index contributed by atoms with van der Waals surface area (Å²) in [6, 6.07) is 4.43. The van der Waals surface area contributed by atoms with E-state index in [1.165, 1.54) is 6.07 Å². The average Bonchev–Trinajstić information content (AvgIpc) is 2.92. The molecule has 1 aliphatic heterocycles. The Kier molecular flexibility index (Phi) is 2.93. The van der Waals surface area contributed by atoms with Crippen molar-refractivity contribution in [3.05, 3.63) is 29.8 Å². The molecule has 1 amide bonds. The van der Waals surface area contributed by atoms with E-state index < -0.39 is 0 Å². The third-order valence-corrected chi connectivity index (χ3v) is 3.81. The van der Waals surface area contributed by atoms with E-state index in [-0.39, 0.29) is 29.2 Å². The minimum absolute atomic E-state index is 0.0231. The van der Waals surface area contributed by atoms with Gasteiger partial charge in [-0.25, -0.2) is 9.37 Å². The van der Waals surface area contributed by atoms with E-state index in [1.54, 1.807) is 28.6 Å². The molecule has 1 aliphatic rings. The molecule has 19 heavy (non-hydrogen) atoms. The summed E-state index contributed by atoms with van der Waals surface area (Å²) in [5.41, 5.74) is 0.907. The van der Waals surface area contributed by atoms with Crippen LogP contribution in [0.3, 0.4) is 0 Å². The molecule has 1 atom stereocenters. The number of benzene rings is 1. The maximum absolute atomic E-state index is 13.8. The fraction of sp³-hybridized carbons (Fsp3) is 0.385. The fourth-order valence-electron chi connectivity index (χ4n) is 2.62. The van der Waals surface area contributed by atoms with Crippen LogP contribution in [-0.2, 0) is 10.7 Å². The number of rotatable bonds is 2. The summed E-state index contributed by atoms with van der Waals surface area (Å²) < 4.78 is 15.5. The fourth-order valence-corrected chi connectivity index (χ4v) is 2.81. The molecule has 0 saturated carbocycles. The first-order chi connectivity index (χ1) is 9.13. The number of hydrogen-bond acceptors (Lipinski definition) is 2. The highest BCUT2D eigenvalue weighted by Gasteiger charge is 2.33. The van der Waals surface area contributed by atoms with Crippen LogP contribution in [0.2, 0.25) is 0 Å². The molecule has 1 aromatic carbocycles. The van der Waals surface area contributed by atoms with E-state index in [9.17, 15) is 9.18 Å². The second kappa shape index (κ2) is 4.49. The summed E-state index contributed by atoms with van der Waals surface area (Å²) >= 11 is 5.89. The van der Waals surface area contributed by atoms with Gasteiger partial charge in [0.05, 0.1) is 11.4 Å². The maximum Gasteiger partial charge on any atom is 0.245 e. The average molecular weight is 282 g/mol. The quantitative estimate of drug-likeness (QED) is 0.793. The van der Waals surface area contributed by atoms with Crippen LogP contribution in [0, 0.1) is 5.82 Å². The van der Waals surface area contributed by atoms with Crippen molar-refractivity contribution in [3.63, 3.8) is 0 Å². The standard InChI is InChI=1S/C13H13ClFN3O/c1-17-6-5-10(13(17)19)18-9-4-2-3-8(15)12(9)16-11(18)7-14/h2-4,10H,5-7H2,1H3. The Balaban J connectivity index is 2.22. The van der Waals surface area contributed by atoms with Crippen LogP contribution in [0.1, 0.15) is 18.3 Å². The van der Waals surface area contributed by atoms with E-state index in [4.69, 9.17) is 11.6 Å². The largest absolute Gasteiger partial charge is 0.344 e. The summed E-state index contributed by atoms with van der Waals surface area (Å²) in [7, 11) is 1.77. The van der Waals surface area contributed by atoms with Gasteiger partial charge in [-0.3, -0.25) is 4.79 Å². The molecular formula is C13H13ClFN3O. The molecule has 1 saturated heterocycles. The van der Waals surface area contributed by atoms with Crippen molar-refractivity contribution in [1.29, 1.82) is 0 Å². The zero-order chi connectivity index (χ0) is 13.6. The van der Waals surface area contributed by atoms with Crippen molar-refractivity contribution in [1.82, 2.24) is 14.5 Å². The molecule has 6 heteroatoms. The van der Waals surface area contributed by atoms with Crippen LogP contribution < -0.4 is 0 Å². The molecule has 3 rings (SSSR count). The summed E-state index contributed by atoms with van der Waals surface area (Å²) in [6.07, 6.45) is 0.696. The number of amides is 1. The Hall–Kier alpha value is -1.62. The summed E-state index contributed by atoms with van der Waals surface area (Å²) in [6.45, 7) is 0.695. The molecule has 2 heterocycles. The van der Waals surface area contributed by atoms with Crippen LogP contribution in [0.25, 0.3) is 11.0 Å². The molecule has 1 aromatic heterocycles. The lowest BCUT2D eigenvalue weighted by Crippen LogP contribution is -2.25. The number of likely N-dealkylation sites (N-methyl/N-ethyl adjacent to an activating group) is 1. The highest BCUT2D eigenvalue weighted by atomic mass is 35.5. The van der Waals surface area contributed by atoms with Gasteiger partial charge in [-0.2, -0.15) is 0 Å². The highest BCUT2D eigenvalue weighted by Crippen LogP contribution is 2.30. The SMILES string of the molecule is CN1CCC(n2c(CCl)nc3c(F)cccc32)C1=O. The third kappa shape index (κ3) is 1.80. The number of hydrogen-bond donors (Lipinski definition) is 0. The Labute approximate surface area is 114 Å². The van der Waals surface area contributed by atoms with Gasteiger partial charge >= 0.3 is 0 Å². The van der Waals surface area contributed by atoms with Gasteiger partial charge in [0.1, 0.15) is 17.4 Å². The molecule has 4 nitrogen and oxygen atoms in total. The van der Waals surface area contributed by atoms with Crippen molar-refractivity contribution in [2.75, 3.05) is 13.6 Å². The van der Waals surface area contributed by atoms with E-state index in [2.05, 4.69) is 4.98 Å². The second-order valence-electron chi connectivity index (χ2n) is 4.70. The Morgan fingerprint density at radius 2 is 2.32 bits per heavy atom. The van der Waals surface area contributed by atoms with Crippen LogP contribution >= 0.6 is 11.6 Å². The number of imidazole rings is 1. The maximum atomic E-state index is 13.8. The topological polar surface area (TPSA) is 38.1 Å². The predicted molar refractivity (Wildman–Crippen MR) is 70.5 cm³/mol. The van der Waals surface area contributed by atoms with Crippen molar-refractivity contribution in [3.8, 4) is 0 Å². The van der Waals surface area contributed by atoms with Crippen molar-refractivity contribution in [2.45, 2.75) is 18.3 Å². The Morgan fingerprint density at radius 3 is 2.95 bits per heavy atom. The van der Waals surface area contributed by atoms with Gasteiger partial charge in [-0.1, -0.05) is 6.07 Å². The molecule has 0 radical (unpaired) electrons. The van der Waals surface area contributed by atoms with E-state index in [0.717, 1.165) is 0 Å². The van der Waals surface area contributed by atoms with Gasteiger partial charge in [-0.05, 0) is 18.6 Å². The Morgan fingerprint density at radius 1 is 1.53 bits per heavy atom. The predicted octanol–water partition coefficient (Wildman–Crippen LogP) is 2.32. The lowest BCUT2D eigenvalue weighted by molar-refractivity contribution is -0.129. The van der Waals surface area contributed by atoms with Crippen LogP contribution in [0.4, 0.5) is 4.39 Å². The van der Waals surface area contributed by atoms with Crippen LogP contribution in [0.15, 0.2) is 18.2 Å². The van der Waals surface area contributed by atoms with Gasteiger partial charge in [0.15, 0.2) is 5.82 Å². The molecule has 0 bridgehead atoms.